The monoisotopic (exact) mass is 221 g/mol. The molecule has 0 bridgehead atoms. The summed E-state index contributed by atoms with van der Waals surface area (Å²) in [4.78, 5) is 4.40. The Morgan fingerprint density at radius 1 is 1.53 bits per heavy atom. The number of rotatable bonds is 2. The molecule has 1 aliphatic carbocycles. The van der Waals surface area contributed by atoms with Gasteiger partial charge in [-0.05, 0) is 24.3 Å². The van der Waals surface area contributed by atoms with Crippen LogP contribution in [0.1, 0.15) is 25.6 Å². The van der Waals surface area contributed by atoms with E-state index in [2.05, 4.69) is 17.1 Å². The highest BCUT2D eigenvalue weighted by Gasteiger charge is 2.43. The van der Waals surface area contributed by atoms with Gasteiger partial charge in [0, 0.05) is 5.41 Å². The van der Waals surface area contributed by atoms with Gasteiger partial charge in [0.2, 0.25) is 0 Å². The lowest BCUT2D eigenvalue weighted by molar-refractivity contribution is 0.416. The van der Waals surface area contributed by atoms with E-state index in [1.54, 1.807) is 0 Å². The molecule has 1 aliphatic rings. The molecule has 0 aliphatic heterocycles. The SMILES string of the molecule is CC1(c2noc(-c3ccsc3N)n2)CC1. The third-order valence-electron chi connectivity index (χ3n) is 2.89. The Balaban J connectivity index is 2.01. The van der Waals surface area contributed by atoms with Crippen molar-refractivity contribution >= 4 is 16.3 Å². The van der Waals surface area contributed by atoms with Gasteiger partial charge in [0.05, 0.1) is 10.6 Å². The van der Waals surface area contributed by atoms with Gasteiger partial charge in [-0.2, -0.15) is 4.98 Å². The second kappa shape index (κ2) is 2.82. The molecule has 0 amide bonds. The van der Waals surface area contributed by atoms with E-state index in [1.807, 2.05) is 11.4 Å². The van der Waals surface area contributed by atoms with E-state index < -0.39 is 0 Å². The quantitative estimate of drug-likeness (QED) is 0.845. The number of hydrogen-bond acceptors (Lipinski definition) is 5. The Morgan fingerprint density at radius 3 is 2.93 bits per heavy atom. The molecule has 0 aromatic carbocycles. The number of nitrogen functional groups attached to an aromatic ring is 1. The molecule has 2 heterocycles. The average Bonchev–Trinajstić information content (AvgIpc) is 2.70. The van der Waals surface area contributed by atoms with Crippen molar-refractivity contribution in [2.24, 2.45) is 0 Å². The smallest absolute Gasteiger partial charge is 0.260 e. The van der Waals surface area contributed by atoms with Gasteiger partial charge in [0.15, 0.2) is 5.82 Å². The molecule has 2 N–H and O–H groups in total. The number of nitrogens with zero attached hydrogens (tertiary/aromatic N) is 2. The van der Waals surface area contributed by atoms with Crippen LogP contribution < -0.4 is 5.73 Å². The van der Waals surface area contributed by atoms with E-state index in [9.17, 15) is 0 Å². The van der Waals surface area contributed by atoms with Gasteiger partial charge < -0.3 is 10.3 Å². The van der Waals surface area contributed by atoms with E-state index in [-0.39, 0.29) is 5.41 Å². The van der Waals surface area contributed by atoms with Gasteiger partial charge in [0.1, 0.15) is 0 Å². The second-order valence-corrected chi connectivity index (χ2v) is 5.13. The molecule has 3 rings (SSSR count). The van der Waals surface area contributed by atoms with Crippen molar-refractivity contribution in [3.63, 3.8) is 0 Å². The standard InChI is InChI=1S/C10H11N3OS/c1-10(3-4-10)9-12-8(14-13-9)6-2-5-15-7(6)11/h2,5H,3-4,11H2,1H3. The molecule has 1 fully saturated rings. The summed E-state index contributed by atoms with van der Waals surface area (Å²) in [7, 11) is 0. The maximum Gasteiger partial charge on any atom is 0.260 e. The topological polar surface area (TPSA) is 64.9 Å². The molecule has 0 unspecified atom stereocenters. The van der Waals surface area contributed by atoms with E-state index >= 15 is 0 Å². The number of hydrogen-bond donors (Lipinski definition) is 1. The predicted molar refractivity (Wildman–Crippen MR) is 58.6 cm³/mol. The highest BCUT2D eigenvalue weighted by molar-refractivity contribution is 7.14. The molecule has 2 aromatic rings. The van der Waals surface area contributed by atoms with Crippen molar-refractivity contribution in [2.45, 2.75) is 25.2 Å². The second-order valence-electron chi connectivity index (χ2n) is 4.18. The van der Waals surface area contributed by atoms with Crippen molar-refractivity contribution in [2.75, 3.05) is 5.73 Å². The first kappa shape index (κ1) is 8.91. The minimum Gasteiger partial charge on any atom is -0.390 e. The molecule has 4 nitrogen and oxygen atoms in total. The zero-order valence-corrected chi connectivity index (χ0v) is 9.17. The lowest BCUT2D eigenvalue weighted by Gasteiger charge is -1.97. The van der Waals surface area contributed by atoms with E-state index in [1.165, 1.54) is 11.3 Å². The van der Waals surface area contributed by atoms with Crippen molar-refractivity contribution in [1.82, 2.24) is 10.1 Å². The molecular formula is C10H11N3OS. The first-order valence-corrected chi connectivity index (χ1v) is 5.74. The number of aromatic nitrogens is 2. The summed E-state index contributed by atoms with van der Waals surface area (Å²) < 4.78 is 5.22. The fourth-order valence-corrected chi connectivity index (χ4v) is 2.12. The molecule has 5 heteroatoms. The van der Waals surface area contributed by atoms with Crippen LogP contribution in [0, 0.1) is 0 Å². The van der Waals surface area contributed by atoms with Crippen LogP contribution in [0.5, 0.6) is 0 Å². The van der Waals surface area contributed by atoms with E-state index in [0.29, 0.717) is 5.89 Å². The van der Waals surface area contributed by atoms with Crippen LogP contribution in [0.25, 0.3) is 11.5 Å². The normalized spacial score (nSPS) is 17.9. The minimum absolute atomic E-state index is 0.145. The molecule has 0 atom stereocenters. The summed E-state index contributed by atoms with van der Waals surface area (Å²) in [6.07, 6.45) is 2.29. The molecule has 2 aromatic heterocycles. The third-order valence-corrected chi connectivity index (χ3v) is 3.64. The van der Waals surface area contributed by atoms with Gasteiger partial charge in [0.25, 0.3) is 5.89 Å². The van der Waals surface area contributed by atoms with E-state index in [4.69, 9.17) is 10.3 Å². The lowest BCUT2D eigenvalue weighted by Crippen LogP contribution is -2.01. The molecule has 0 saturated heterocycles. The van der Waals surface area contributed by atoms with Crippen molar-refractivity contribution in [3.8, 4) is 11.5 Å². The molecule has 1 saturated carbocycles. The lowest BCUT2D eigenvalue weighted by atomic mass is 10.1. The van der Waals surface area contributed by atoms with Crippen LogP contribution in [0.3, 0.4) is 0 Å². The van der Waals surface area contributed by atoms with Gasteiger partial charge >= 0.3 is 0 Å². The zero-order valence-electron chi connectivity index (χ0n) is 8.36. The summed E-state index contributed by atoms with van der Waals surface area (Å²) in [5, 5.41) is 6.66. The zero-order chi connectivity index (χ0) is 10.5. The first-order chi connectivity index (χ1) is 7.19. The fraction of sp³-hybridized carbons (Fsp3) is 0.400. The molecule has 0 radical (unpaired) electrons. The number of anilines is 1. The summed E-state index contributed by atoms with van der Waals surface area (Å²) in [5.74, 6) is 1.35. The Kier molecular flexibility index (Phi) is 1.68. The predicted octanol–water partition coefficient (Wildman–Crippen LogP) is 2.43. The molecular weight excluding hydrogens is 210 g/mol. The maximum absolute atomic E-state index is 5.80. The maximum atomic E-state index is 5.80. The Labute approximate surface area is 91.1 Å². The fourth-order valence-electron chi connectivity index (χ4n) is 1.49. The highest BCUT2D eigenvalue weighted by atomic mass is 32.1. The minimum atomic E-state index is 0.145. The van der Waals surface area contributed by atoms with Crippen molar-refractivity contribution in [1.29, 1.82) is 0 Å². The van der Waals surface area contributed by atoms with E-state index in [0.717, 1.165) is 29.2 Å². The molecule has 78 valence electrons. The van der Waals surface area contributed by atoms with Crippen LogP contribution in [0.15, 0.2) is 16.0 Å². The van der Waals surface area contributed by atoms with Crippen LogP contribution in [0.2, 0.25) is 0 Å². The van der Waals surface area contributed by atoms with Crippen molar-refractivity contribution in [3.05, 3.63) is 17.3 Å². The molecule has 15 heavy (non-hydrogen) atoms. The van der Waals surface area contributed by atoms with Gasteiger partial charge in [-0.3, -0.25) is 0 Å². The summed E-state index contributed by atoms with van der Waals surface area (Å²) in [5.41, 5.74) is 6.79. The van der Waals surface area contributed by atoms with Crippen LogP contribution in [-0.4, -0.2) is 10.1 Å². The van der Waals surface area contributed by atoms with Crippen LogP contribution >= 0.6 is 11.3 Å². The largest absolute Gasteiger partial charge is 0.390 e. The van der Waals surface area contributed by atoms with Crippen molar-refractivity contribution < 1.29 is 4.52 Å². The third kappa shape index (κ3) is 1.34. The summed E-state index contributed by atoms with van der Waals surface area (Å²) in [6.45, 7) is 2.15. The number of nitrogens with two attached hydrogens (primary N) is 1. The Hall–Kier alpha value is -1.36. The van der Waals surface area contributed by atoms with Gasteiger partial charge in [-0.15, -0.1) is 11.3 Å². The average molecular weight is 221 g/mol. The van der Waals surface area contributed by atoms with Crippen LogP contribution in [-0.2, 0) is 5.41 Å². The van der Waals surface area contributed by atoms with Gasteiger partial charge in [-0.1, -0.05) is 12.1 Å². The Morgan fingerprint density at radius 2 is 2.33 bits per heavy atom. The van der Waals surface area contributed by atoms with Crippen LogP contribution in [0.4, 0.5) is 5.00 Å². The Bertz CT molecular complexity index is 498. The first-order valence-electron chi connectivity index (χ1n) is 4.87. The summed E-state index contributed by atoms with van der Waals surface area (Å²) >= 11 is 1.48. The highest BCUT2D eigenvalue weighted by Crippen LogP contribution is 2.46. The number of thiophene rings is 1. The summed E-state index contributed by atoms with van der Waals surface area (Å²) in [6, 6.07) is 1.91. The van der Waals surface area contributed by atoms with Gasteiger partial charge in [-0.25, -0.2) is 0 Å². The molecule has 0 spiro atoms.